The minimum Gasteiger partial charge on any atom is -0.468 e. The Balaban J connectivity index is 1.92. The second kappa shape index (κ2) is 4.99. The Labute approximate surface area is 111 Å². The molecule has 1 fully saturated rings. The number of esters is 1. The van der Waals surface area contributed by atoms with Crippen LogP contribution in [0.25, 0.3) is 10.8 Å². The van der Waals surface area contributed by atoms with Crippen LogP contribution in [0, 0.1) is 0 Å². The van der Waals surface area contributed by atoms with Crippen LogP contribution in [0.2, 0.25) is 0 Å². The lowest BCUT2D eigenvalue weighted by Crippen LogP contribution is -2.36. The third-order valence-electron chi connectivity index (χ3n) is 3.59. The first-order valence-electron chi connectivity index (χ1n) is 6.36. The molecule has 0 bridgehead atoms. The Morgan fingerprint density at radius 1 is 1.16 bits per heavy atom. The summed E-state index contributed by atoms with van der Waals surface area (Å²) in [4.78, 5) is 11.5. The van der Waals surface area contributed by atoms with Crippen molar-refractivity contribution in [3.8, 4) is 0 Å². The number of benzene rings is 2. The first-order chi connectivity index (χ1) is 9.29. The van der Waals surface area contributed by atoms with Crippen molar-refractivity contribution >= 4 is 16.7 Å². The summed E-state index contributed by atoms with van der Waals surface area (Å²) in [6.07, 6.45) is 0.695. The molecule has 0 spiro atoms. The average molecular weight is 256 g/mol. The molecule has 1 heterocycles. The molecule has 1 saturated heterocycles. The van der Waals surface area contributed by atoms with Gasteiger partial charge in [-0.05, 0) is 22.8 Å². The minimum absolute atomic E-state index is 0.121. The van der Waals surface area contributed by atoms with Gasteiger partial charge in [-0.2, -0.15) is 0 Å². The molecule has 0 radical (unpaired) electrons. The van der Waals surface area contributed by atoms with E-state index in [0.717, 1.165) is 0 Å². The van der Waals surface area contributed by atoms with E-state index in [1.54, 1.807) is 0 Å². The molecular formula is C15H16N2O2. The molecule has 4 heteroatoms. The van der Waals surface area contributed by atoms with E-state index in [9.17, 15) is 4.79 Å². The molecule has 2 aromatic rings. The molecule has 4 nitrogen and oxygen atoms in total. The second-order valence-electron chi connectivity index (χ2n) is 4.72. The number of fused-ring (bicyclic) bond motifs is 1. The smallest absolute Gasteiger partial charge is 0.324 e. The maximum Gasteiger partial charge on any atom is 0.324 e. The zero-order valence-electron chi connectivity index (χ0n) is 10.7. The third kappa shape index (κ3) is 2.20. The zero-order valence-corrected chi connectivity index (χ0v) is 10.7. The van der Waals surface area contributed by atoms with Gasteiger partial charge in [0.15, 0.2) is 0 Å². The number of ether oxygens (including phenoxy) is 1. The molecular weight excluding hydrogens is 240 g/mol. The monoisotopic (exact) mass is 256 g/mol. The lowest BCUT2D eigenvalue weighted by Gasteiger charge is -2.12. The van der Waals surface area contributed by atoms with Crippen LogP contribution < -0.4 is 10.9 Å². The molecule has 2 aromatic carbocycles. The largest absolute Gasteiger partial charge is 0.468 e. The van der Waals surface area contributed by atoms with Gasteiger partial charge in [-0.15, -0.1) is 0 Å². The maximum atomic E-state index is 11.5. The highest BCUT2D eigenvalue weighted by molar-refractivity contribution is 5.86. The summed E-state index contributed by atoms with van der Waals surface area (Å²) in [5.41, 5.74) is 7.38. The van der Waals surface area contributed by atoms with E-state index in [4.69, 9.17) is 4.74 Å². The molecule has 0 saturated carbocycles. The van der Waals surface area contributed by atoms with Crippen LogP contribution in [0.15, 0.2) is 42.5 Å². The molecule has 3 rings (SSSR count). The van der Waals surface area contributed by atoms with Gasteiger partial charge in [-0.3, -0.25) is 4.79 Å². The lowest BCUT2D eigenvalue weighted by molar-refractivity contribution is -0.142. The molecule has 0 aliphatic carbocycles. The summed E-state index contributed by atoms with van der Waals surface area (Å²) in [5.74, 6) is -0.227. The van der Waals surface area contributed by atoms with Crippen molar-refractivity contribution in [2.75, 3.05) is 7.11 Å². The number of rotatable bonds is 2. The van der Waals surface area contributed by atoms with Crippen LogP contribution in [0.3, 0.4) is 0 Å². The quantitative estimate of drug-likeness (QED) is 0.806. The average Bonchev–Trinajstić information content (AvgIpc) is 2.95. The molecule has 2 N–H and O–H groups in total. The van der Waals surface area contributed by atoms with Gasteiger partial charge >= 0.3 is 5.97 Å². The van der Waals surface area contributed by atoms with Gasteiger partial charge in [0.2, 0.25) is 0 Å². The molecule has 2 unspecified atom stereocenters. The number of carbonyl (C=O) groups is 1. The molecule has 19 heavy (non-hydrogen) atoms. The van der Waals surface area contributed by atoms with E-state index >= 15 is 0 Å². The summed E-state index contributed by atoms with van der Waals surface area (Å²) in [6.45, 7) is 0. The summed E-state index contributed by atoms with van der Waals surface area (Å²) in [5, 5.41) is 2.43. The third-order valence-corrected chi connectivity index (χ3v) is 3.59. The summed E-state index contributed by atoms with van der Waals surface area (Å²) >= 11 is 0. The normalized spacial score (nSPS) is 22.6. The van der Waals surface area contributed by atoms with E-state index in [1.165, 1.54) is 23.4 Å². The number of carbonyl (C=O) groups excluding carboxylic acids is 1. The number of nitrogens with one attached hydrogen (secondary N) is 2. The lowest BCUT2D eigenvalue weighted by atomic mass is 9.96. The maximum absolute atomic E-state index is 11.5. The first kappa shape index (κ1) is 12.1. The van der Waals surface area contributed by atoms with Crippen molar-refractivity contribution in [2.24, 2.45) is 0 Å². The predicted octanol–water partition coefficient (Wildman–Crippen LogP) is 1.92. The van der Waals surface area contributed by atoms with Gasteiger partial charge in [0.05, 0.1) is 7.11 Å². The van der Waals surface area contributed by atoms with Crippen LogP contribution in [0.5, 0.6) is 0 Å². The van der Waals surface area contributed by atoms with Crippen molar-refractivity contribution < 1.29 is 9.53 Å². The summed E-state index contributed by atoms with van der Waals surface area (Å²) in [6, 6.07) is 14.3. The van der Waals surface area contributed by atoms with E-state index in [0.29, 0.717) is 6.42 Å². The van der Waals surface area contributed by atoms with Crippen LogP contribution in [0.4, 0.5) is 0 Å². The molecule has 1 aliphatic rings. The van der Waals surface area contributed by atoms with E-state index in [2.05, 4.69) is 35.1 Å². The van der Waals surface area contributed by atoms with Gasteiger partial charge in [0.25, 0.3) is 0 Å². The van der Waals surface area contributed by atoms with Gasteiger partial charge < -0.3 is 4.74 Å². The van der Waals surface area contributed by atoms with Crippen LogP contribution in [-0.4, -0.2) is 19.1 Å². The Morgan fingerprint density at radius 3 is 2.79 bits per heavy atom. The summed E-state index contributed by atoms with van der Waals surface area (Å²) in [7, 11) is 1.41. The number of hydrogen-bond donors (Lipinski definition) is 2. The molecule has 0 aromatic heterocycles. The van der Waals surface area contributed by atoms with Gasteiger partial charge in [-0.1, -0.05) is 42.5 Å². The SMILES string of the molecule is COC(=O)C1CC(c2cccc3ccccc23)NN1. The highest BCUT2D eigenvalue weighted by Crippen LogP contribution is 2.29. The standard InChI is InChI=1S/C15H16N2O2/c1-19-15(18)14-9-13(16-17-14)12-8-4-6-10-5-2-3-7-11(10)12/h2-8,13-14,16-17H,9H2,1H3. The van der Waals surface area contributed by atoms with Crippen molar-refractivity contribution in [1.82, 2.24) is 10.9 Å². The van der Waals surface area contributed by atoms with Crippen molar-refractivity contribution in [3.63, 3.8) is 0 Å². The number of methoxy groups -OCH3 is 1. The fraction of sp³-hybridized carbons (Fsp3) is 0.267. The van der Waals surface area contributed by atoms with Gasteiger partial charge in [-0.25, -0.2) is 10.9 Å². The van der Waals surface area contributed by atoms with E-state index < -0.39 is 0 Å². The number of hydrazine groups is 1. The van der Waals surface area contributed by atoms with Crippen molar-refractivity contribution in [2.45, 2.75) is 18.5 Å². The highest BCUT2D eigenvalue weighted by atomic mass is 16.5. The molecule has 2 atom stereocenters. The fourth-order valence-corrected chi connectivity index (χ4v) is 2.61. The predicted molar refractivity (Wildman–Crippen MR) is 73.4 cm³/mol. The molecule has 0 amide bonds. The Morgan fingerprint density at radius 2 is 1.95 bits per heavy atom. The topological polar surface area (TPSA) is 50.4 Å². The minimum atomic E-state index is -0.283. The van der Waals surface area contributed by atoms with Gasteiger partial charge in [0, 0.05) is 6.04 Å². The number of hydrogen-bond acceptors (Lipinski definition) is 4. The van der Waals surface area contributed by atoms with Gasteiger partial charge in [0.1, 0.15) is 6.04 Å². The molecule has 98 valence electrons. The Kier molecular flexibility index (Phi) is 3.19. The highest BCUT2D eigenvalue weighted by Gasteiger charge is 2.31. The zero-order chi connectivity index (χ0) is 13.2. The second-order valence-corrected chi connectivity index (χ2v) is 4.72. The Bertz CT molecular complexity index is 607. The van der Waals surface area contributed by atoms with Crippen LogP contribution >= 0.6 is 0 Å². The van der Waals surface area contributed by atoms with Crippen molar-refractivity contribution in [1.29, 1.82) is 0 Å². The molecule has 1 aliphatic heterocycles. The van der Waals surface area contributed by atoms with E-state index in [1.807, 2.05) is 18.2 Å². The van der Waals surface area contributed by atoms with Crippen LogP contribution in [-0.2, 0) is 9.53 Å². The van der Waals surface area contributed by atoms with Crippen molar-refractivity contribution in [3.05, 3.63) is 48.0 Å². The van der Waals surface area contributed by atoms with Crippen LogP contribution in [0.1, 0.15) is 18.0 Å². The fourth-order valence-electron chi connectivity index (χ4n) is 2.61. The van der Waals surface area contributed by atoms with E-state index in [-0.39, 0.29) is 18.1 Å². The Hall–Kier alpha value is -1.91. The summed E-state index contributed by atoms with van der Waals surface area (Å²) < 4.78 is 4.76. The first-order valence-corrected chi connectivity index (χ1v) is 6.36.